The quantitative estimate of drug-likeness (QED) is 0.832. The summed E-state index contributed by atoms with van der Waals surface area (Å²) in [5.74, 6) is 1.17. The van der Waals surface area contributed by atoms with Gasteiger partial charge in [0.25, 0.3) is 5.56 Å². The van der Waals surface area contributed by atoms with Gasteiger partial charge in [0.1, 0.15) is 0 Å². The summed E-state index contributed by atoms with van der Waals surface area (Å²) in [5, 5.41) is 4.47. The van der Waals surface area contributed by atoms with E-state index in [-0.39, 0.29) is 29.0 Å². The Morgan fingerprint density at radius 2 is 1.84 bits per heavy atom. The molecule has 0 bridgehead atoms. The molecule has 3 rings (SSSR count). The third kappa shape index (κ3) is 3.37. The van der Waals surface area contributed by atoms with Gasteiger partial charge in [-0.05, 0) is 25.7 Å². The predicted molar refractivity (Wildman–Crippen MR) is 96.0 cm³/mol. The first-order valence-corrected chi connectivity index (χ1v) is 9.44. The third-order valence-electron chi connectivity index (χ3n) is 5.26. The normalized spacial score (nSPS) is 17.1. The van der Waals surface area contributed by atoms with Crippen molar-refractivity contribution in [3.05, 3.63) is 26.7 Å². The zero-order valence-electron chi connectivity index (χ0n) is 15.4. The fourth-order valence-electron chi connectivity index (χ4n) is 3.85. The summed E-state index contributed by atoms with van der Waals surface area (Å²) >= 11 is 0. The van der Waals surface area contributed by atoms with Crippen LogP contribution in [0.15, 0.2) is 9.59 Å². The van der Waals surface area contributed by atoms with Crippen molar-refractivity contribution in [2.45, 2.75) is 77.2 Å². The molecule has 1 aliphatic carbocycles. The van der Waals surface area contributed by atoms with Crippen molar-refractivity contribution in [1.29, 1.82) is 0 Å². The van der Waals surface area contributed by atoms with E-state index in [1.165, 1.54) is 9.25 Å². The van der Waals surface area contributed by atoms with Crippen LogP contribution >= 0.6 is 0 Å². The van der Waals surface area contributed by atoms with Crippen LogP contribution in [0.25, 0.3) is 11.5 Å². The molecule has 2 heterocycles. The van der Waals surface area contributed by atoms with E-state index in [9.17, 15) is 9.59 Å². The van der Waals surface area contributed by atoms with Gasteiger partial charge >= 0.3 is 5.69 Å². The van der Waals surface area contributed by atoms with Crippen molar-refractivity contribution in [2.75, 3.05) is 0 Å². The van der Waals surface area contributed by atoms with E-state index in [1.807, 2.05) is 0 Å². The fraction of sp³-hybridized carbons (Fsp3) is 0.722. The summed E-state index contributed by atoms with van der Waals surface area (Å²) in [5.41, 5.74) is -0.517. The number of nitrogens with zero attached hydrogens (tertiary/aromatic N) is 5. The van der Waals surface area contributed by atoms with Crippen molar-refractivity contribution in [1.82, 2.24) is 24.3 Å². The number of aromatic nitrogens is 5. The Balaban J connectivity index is 2.17. The number of fused-ring (bicyclic) bond motifs is 1. The molecular formula is C18H27N5O2. The van der Waals surface area contributed by atoms with E-state index in [4.69, 9.17) is 0 Å². The van der Waals surface area contributed by atoms with Gasteiger partial charge in [-0.15, -0.1) is 0 Å². The SMILES string of the molecule is CCCC(CC)c1nc2c(=O)n(C3CCCCC3)c(=O)nc-2n(C)n1. The van der Waals surface area contributed by atoms with Crippen molar-refractivity contribution in [2.24, 2.45) is 7.05 Å². The predicted octanol–water partition coefficient (Wildman–Crippen LogP) is 2.64. The minimum absolute atomic E-state index is 0.0491. The van der Waals surface area contributed by atoms with Crippen molar-refractivity contribution in [3.63, 3.8) is 0 Å². The van der Waals surface area contributed by atoms with Crippen LogP contribution in [0.1, 0.15) is 83.0 Å². The van der Waals surface area contributed by atoms with Gasteiger partial charge in [0.15, 0.2) is 17.3 Å². The number of rotatable bonds is 5. The van der Waals surface area contributed by atoms with Crippen molar-refractivity contribution < 1.29 is 0 Å². The Morgan fingerprint density at radius 1 is 1.12 bits per heavy atom. The highest BCUT2D eigenvalue weighted by atomic mass is 16.2. The number of aryl methyl sites for hydroxylation is 1. The smallest absolute Gasteiger partial charge is 0.267 e. The molecule has 1 fully saturated rings. The molecule has 0 N–H and O–H groups in total. The first-order valence-electron chi connectivity index (χ1n) is 9.44. The highest BCUT2D eigenvalue weighted by Gasteiger charge is 2.26. The highest BCUT2D eigenvalue weighted by Crippen LogP contribution is 2.27. The Kier molecular flexibility index (Phi) is 5.30. The average Bonchev–Trinajstić information content (AvgIpc) is 2.61. The maximum absolute atomic E-state index is 13.0. The van der Waals surface area contributed by atoms with Gasteiger partial charge in [0.05, 0.1) is 0 Å². The Hall–Kier alpha value is -2.05. The second-order valence-corrected chi connectivity index (χ2v) is 7.02. The molecule has 7 nitrogen and oxygen atoms in total. The number of hydrogen-bond acceptors (Lipinski definition) is 5. The molecule has 25 heavy (non-hydrogen) atoms. The van der Waals surface area contributed by atoms with Crippen LogP contribution in [0.4, 0.5) is 0 Å². The lowest BCUT2D eigenvalue weighted by atomic mass is 9.95. The minimum atomic E-state index is -0.475. The minimum Gasteiger partial charge on any atom is -0.267 e. The monoisotopic (exact) mass is 345 g/mol. The largest absolute Gasteiger partial charge is 0.352 e. The third-order valence-corrected chi connectivity index (χ3v) is 5.26. The Labute approximate surface area is 147 Å². The summed E-state index contributed by atoms with van der Waals surface area (Å²) in [4.78, 5) is 34.2. The van der Waals surface area contributed by atoms with E-state index in [0.29, 0.717) is 5.82 Å². The molecule has 1 atom stereocenters. The molecule has 0 radical (unpaired) electrons. The van der Waals surface area contributed by atoms with Crippen LogP contribution in [0.3, 0.4) is 0 Å². The Bertz CT molecular complexity index is 819. The van der Waals surface area contributed by atoms with Crippen molar-refractivity contribution >= 4 is 0 Å². The molecule has 0 spiro atoms. The molecule has 1 unspecified atom stereocenters. The van der Waals surface area contributed by atoms with Crippen LogP contribution in [0.2, 0.25) is 0 Å². The van der Waals surface area contributed by atoms with Gasteiger partial charge in [0, 0.05) is 19.0 Å². The zero-order valence-corrected chi connectivity index (χ0v) is 15.4. The van der Waals surface area contributed by atoms with Gasteiger partial charge in [-0.2, -0.15) is 10.1 Å². The molecule has 7 heteroatoms. The molecule has 0 aromatic rings. The lowest BCUT2D eigenvalue weighted by molar-refractivity contribution is 0.335. The highest BCUT2D eigenvalue weighted by molar-refractivity contribution is 5.48. The van der Waals surface area contributed by atoms with Crippen LogP contribution in [0.5, 0.6) is 0 Å². The van der Waals surface area contributed by atoms with Crippen LogP contribution in [-0.4, -0.2) is 24.3 Å². The maximum Gasteiger partial charge on any atom is 0.352 e. The topological polar surface area (TPSA) is 82.7 Å². The van der Waals surface area contributed by atoms with Gasteiger partial charge < -0.3 is 0 Å². The van der Waals surface area contributed by atoms with Gasteiger partial charge in [0.2, 0.25) is 0 Å². The summed E-state index contributed by atoms with van der Waals surface area (Å²) in [6.07, 6.45) is 7.91. The van der Waals surface area contributed by atoms with E-state index < -0.39 is 5.69 Å². The second kappa shape index (κ2) is 7.45. The maximum atomic E-state index is 13.0. The average molecular weight is 345 g/mol. The molecule has 0 aromatic heterocycles. The van der Waals surface area contributed by atoms with Gasteiger partial charge in [-0.25, -0.2) is 14.5 Å². The summed E-state index contributed by atoms with van der Waals surface area (Å²) in [6, 6.07) is -0.0491. The molecule has 136 valence electrons. The Morgan fingerprint density at radius 3 is 2.48 bits per heavy atom. The van der Waals surface area contributed by atoms with Crippen molar-refractivity contribution in [3.8, 4) is 11.5 Å². The van der Waals surface area contributed by atoms with Crippen LogP contribution in [0, 0.1) is 0 Å². The molecule has 0 aromatic carbocycles. The summed E-state index contributed by atoms with van der Waals surface area (Å²) < 4.78 is 2.86. The zero-order chi connectivity index (χ0) is 18.0. The van der Waals surface area contributed by atoms with Gasteiger partial charge in [-0.3, -0.25) is 9.36 Å². The van der Waals surface area contributed by atoms with Crippen LogP contribution in [-0.2, 0) is 7.05 Å². The molecule has 0 saturated heterocycles. The lowest BCUT2D eigenvalue weighted by Crippen LogP contribution is -2.42. The van der Waals surface area contributed by atoms with E-state index in [2.05, 4.69) is 28.9 Å². The fourth-order valence-corrected chi connectivity index (χ4v) is 3.85. The van der Waals surface area contributed by atoms with Crippen LogP contribution < -0.4 is 11.2 Å². The second-order valence-electron chi connectivity index (χ2n) is 7.02. The molecule has 3 aliphatic rings. The van der Waals surface area contributed by atoms with E-state index >= 15 is 0 Å². The molecule has 2 aliphatic heterocycles. The first kappa shape index (κ1) is 17.8. The van der Waals surface area contributed by atoms with E-state index in [0.717, 1.165) is 51.4 Å². The summed E-state index contributed by atoms with van der Waals surface area (Å²) in [7, 11) is 1.73. The molecule has 0 amide bonds. The standard InChI is InChI=1S/C18H27N5O2/c1-4-9-12(5-2)15-19-14-16(22(3)21-15)20-18(25)23(17(14)24)13-10-7-6-8-11-13/h12-13H,4-11H2,1-3H3. The molecular weight excluding hydrogens is 318 g/mol. The number of hydrogen-bond donors (Lipinski definition) is 0. The summed E-state index contributed by atoms with van der Waals surface area (Å²) in [6.45, 7) is 4.23. The van der Waals surface area contributed by atoms with Gasteiger partial charge in [-0.1, -0.05) is 39.5 Å². The lowest BCUT2D eigenvalue weighted by Gasteiger charge is -2.24. The van der Waals surface area contributed by atoms with E-state index in [1.54, 1.807) is 7.05 Å². The first-order chi connectivity index (χ1) is 12.1. The molecule has 1 saturated carbocycles.